The summed E-state index contributed by atoms with van der Waals surface area (Å²) in [7, 11) is 0. The van der Waals surface area contributed by atoms with E-state index in [2.05, 4.69) is 21.9 Å². The average molecular weight is 215 g/mol. The van der Waals surface area contributed by atoms with Crippen LogP contribution in [0.25, 0.3) is 0 Å². The van der Waals surface area contributed by atoms with Crippen molar-refractivity contribution in [3.8, 4) is 12.3 Å². The fourth-order valence-corrected chi connectivity index (χ4v) is 2.50. The predicted molar refractivity (Wildman–Crippen MR) is 52.7 cm³/mol. The number of terminal acetylenes is 1. The van der Waals surface area contributed by atoms with Gasteiger partial charge in [-0.2, -0.15) is 0 Å². The van der Waals surface area contributed by atoms with Crippen LogP contribution in [0.3, 0.4) is 0 Å². The summed E-state index contributed by atoms with van der Waals surface area (Å²) in [5.74, 6) is 3.50. The Morgan fingerprint density at radius 3 is 2.73 bits per heavy atom. The van der Waals surface area contributed by atoms with Gasteiger partial charge in [0.15, 0.2) is 0 Å². The molecule has 1 fully saturated rings. The van der Waals surface area contributed by atoms with Crippen molar-refractivity contribution in [2.45, 2.75) is 43.4 Å². The quantitative estimate of drug-likeness (QED) is 0.357. The molecule has 0 nitrogen and oxygen atoms in total. The van der Waals surface area contributed by atoms with Gasteiger partial charge in [0.25, 0.3) is 0 Å². The molecule has 0 bridgehead atoms. The highest BCUT2D eigenvalue weighted by molar-refractivity contribution is 9.09. The van der Waals surface area contributed by atoms with Crippen LogP contribution in [-0.4, -0.2) is 4.83 Å². The number of halogens is 1. The average Bonchev–Trinajstić information content (AvgIpc) is 2.18. The van der Waals surface area contributed by atoms with Crippen LogP contribution in [0.15, 0.2) is 0 Å². The lowest BCUT2D eigenvalue weighted by atomic mass is 9.97. The Labute approximate surface area is 77.9 Å². The summed E-state index contributed by atoms with van der Waals surface area (Å²) >= 11 is 3.71. The van der Waals surface area contributed by atoms with E-state index in [1.807, 2.05) is 0 Å². The fourth-order valence-electron chi connectivity index (χ4n) is 1.72. The first-order chi connectivity index (χ1) is 5.34. The van der Waals surface area contributed by atoms with Gasteiger partial charge in [0, 0.05) is 11.2 Å². The SMILES string of the molecule is C#CCC1CCCCCC1Br. The van der Waals surface area contributed by atoms with Gasteiger partial charge in [-0.05, 0) is 18.8 Å². The Bertz CT molecular complexity index is 145. The maximum absolute atomic E-state index is 5.30. The largest absolute Gasteiger partial charge is 0.120 e. The van der Waals surface area contributed by atoms with Crippen molar-refractivity contribution in [3.05, 3.63) is 0 Å². The molecule has 0 N–H and O–H groups in total. The van der Waals surface area contributed by atoms with E-state index in [9.17, 15) is 0 Å². The lowest BCUT2D eigenvalue weighted by Crippen LogP contribution is -2.11. The minimum atomic E-state index is 0.682. The summed E-state index contributed by atoms with van der Waals surface area (Å²) in [6, 6.07) is 0. The van der Waals surface area contributed by atoms with Gasteiger partial charge in [-0.1, -0.05) is 35.2 Å². The Morgan fingerprint density at radius 1 is 1.27 bits per heavy atom. The topological polar surface area (TPSA) is 0 Å². The van der Waals surface area contributed by atoms with Crippen molar-refractivity contribution in [2.24, 2.45) is 5.92 Å². The number of hydrogen-bond acceptors (Lipinski definition) is 0. The first-order valence-corrected chi connectivity index (χ1v) is 5.33. The van der Waals surface area contributed by atoms with Gasteiger partial charge >= 0.3 is 0 Å². The zero-order valence-corrected chi connectivity index (χ0v) is 8.44. The number of rotatable bonds is 1. The predicted octanol–water partition coefficient (Wildman–Crippen LogP) is 3.35. The van der Waals surface area contributed by atoms with E-state index in [1.54, 1.807) is 0 Å². The van der Waals surface area contributed by atoms with E-state index in [0.717, 1.165) is 12.3 Å². The van der Waals surface area contributed by atoms with Crippen LogP contribution >= 0.6 is 15.9 Å². The summed E-state index contributed by atoms with van der Waals surface area (Å²) in [6.07, 6.45) is 13.0. The molecule has 0 saturated heterocycles. The van der Waals surface area contributed by atoms with Crippen molar-refractivity contribution in [1.82, 2.24) is 0 Å². The molecule has 2 atom stereocenters. The van der Waals surface area contributed by atoms with Crippen LogP contribution in [0.2, 0.25) is 0 Å². The van der Waals surface area contributed by atoms with Gasteiger partial charge in [-0.15, -0.1) is 12.3 Å². The lowest BCUT2D eigenvalue weighted by molar-refractivity contribution is 0.490. The van der Waals surface area contributed by atoms with E-state index < -0.39 is 0 Å². The molecule has 62 valence electrons. The smallest absolute Gasteiger partial charge is 0.0183 e. The van der Waals surface area contributed by atoms with E-state index >= 15 is 0 Å². The Morgan fingerprint density at radius 2 is 2.00 bits per heavy atom. The van der Waals surface area contributed by atoms with Crippen molar-refractivity contribution in [2.75, 3.05) is 0 Å². The van der Waals surface area contributed by atoms with Crippen LogP contribution in [0.1, 0.15) is 38.5 Å². The molecule has 1 heteroatoms. The highest BCUT2D eigenvalue weighted by Crippen LogP contribution is 2.30. The van der Waals surface area contributed by atoms with Crippen LogP contribution in [0.5, 0.6) is 0 Å². The van der Waals surface area contributed by atoms with Gasteiger partial charge < -0.3 is 0 Å². The van der Waals surface area contributed by atoms with Crippen LogP contribution in [0.4, 0.5) is 0 Å². The van der Waals surface area contributed by atoms with E-state index in [4.69, 9.17) is 6.42 Å². The molecule has 0 heterocycles. The standard InChI is InChI=1S/C10H15Br/c1-2-6-9-7-4-3-5-8-10(9)11/h1,9-10H,3-8H2. The molecule has 0 amide bonds. The molecule has 0 aromatic rings. The van der Waals surface area contributed by atoms with Gasteiger partial charge in [0.1, 0.15) is 0 Å². The molecular formula is C10H15Br. The second-order valence-corrected chi connectivity index (χ2v) is 4.50. The van der Waals surface area contributed by atoms with Crippen molar-refractivity contribution in [3.63, 3.8) is 0 Å². The maximum Gasteiger partial charge on any atom is 0.0183 e. The maximum atomic E-state index is 5.30. The molecular weight excluding hydrogens is 200 g/mol. The molecule has 0 aromatic heterocycles. The van der Waals surface area contributed by atoms with Gasteiger partial charge in [0.2, 0.25) is 0 Å². The molecule has 1 aliphatic carbocycles. The van der Waals surface area contributed by atoms with Crippen molar-refractivity contribution < 1.29 is 0 Å². The van der Waals surface area contributed by atoms with E-state index in [-0.39, 0.29) is 0 Å². The van der Waals surface area contributed by atoms with Crippen molar-refractivity contribution >= 4 is 15.9 Å². The van der Waals surface area contributed by atoms with E-state index in [1.165, 1.54) is 32.1 Å². The minimum Gasteiger partial charge on any atom is -0.120 e. The minimum absolute atomic E-state index is 0.682. The van der Waals surface area contributed by atoms with Crippen molar-refractivity contribution in [1.29, 1.82) is 0 Å². The summed E-state index contributed by atoms with van der Waals surface area (Å²) in [6.45, 7) is 0. The monoisotopic (exact) mass is 214 g/mol. The number of alkyl halides is 1. The van der Waals surface area contributed by atoms with Crippen LogP contribution in [0, 0.1) is 18.3 Å². The van der Waals surface area contributed by atoms with Gasteiger partial charge in [-0.3, -0.25) is 0 Å². The molecule has 0 aliphatic heterocycles. The summed E-state index contributed by atoms with van der Waals surface area (Å²) in [5, 5.41) is 0. The second kappa shape index (κ2) is 4.83. The molecule has 2 unspecified atom stereocenters. The zero-order valence-electron chi connectivity index (χ0n) is 6.85. The third-order valence-electron chi connectivity index (χ3n) is 2.45. The Hall–Kier alpha value is 0.0400. The molecule has 0 aromatic carbocycles. The van der Waals surface area contributed by atoms with Gasteiger partial charge in [-0.25, -0.2) is 0 Å². The summed E-state index contributed by atoms with van der Waals surface area (Å²) < 4.78 is 0. The summed E-state index contributed by atoms with van der Waals surface area (Å²) in [4.78, 5) is 0.682. The first kappa shape index (κ1) is 9.13. The third kappa shape index (κ3) is 2.87. The molecule has 1 saturated carbocycles. The van der Waals surface area contributed by atoms with Crippen LogP contribution in [-0.2, 0) is 0 Å². The van der Waals surface area contributed by atoms with E-state index in [0.29, 0.717) is 4.83 Å². The zero-order chi connectivity index (χ0) is 8.10. The number of hydrogen-bond donors (Lipinski definition) is 0. The summed E-state index contributed by atoms with van der Waals surface area (Å²) in [5.41, 5.74) is 0. The highest BCUT2D eigenvalue weighted by Gasteiger charge is 2.19. The Balaban J connectivity index is 2.40. The normalized spacial score (nSPS) is 32.4. The molecule has 1 aliphatic rings. The third-order valence-corrected chi connectivity index (χ3v) is 3.65. The first-order valence-electron chi connectivity index (χ1n) is 4.42. The Kier molecular flexibility index (Phi) is 4.01. The highest BCUT2D eigenvalue weighted by atomic mass is 79.9. The molecule has 1 rings (SSSR count). The van der Waals surface area contributed by atoms with Gasteiger partial charge in [0.05, 0.1) is 0 Å². The lowest BCUT2D eigenvalue weighted by Gasteiger charge is -2.16. The molecule has 11 heavy (non-hydrogen) atoms. The second-order valence-electron chi connectivity index (χ2n) is 3.32. The van der Waals surface area contributed by atoms with Crippen LogP contribution < -0.4 is 0 Å². The molecule has 0 spiro atoms. The fraction of sp³-hybridized carbons (Fsp3) is 0.800. The molecule has 0 radical (unpaired) electrons.